The van der Waals surface area contributed by atoms with Crippen LogP contribution < -0.4 is 0 Å². The fourth-order valence-electron chi connectivity index (χ4n) is 1.75. The first-order valence-corrected chi connectivity index (χ1v) is 8.50. The Bertz CT molecular complexity index is 582. The van der Waals surface area contributed by atoms with Crippen LogP contribution in [0.25, 0.3) is 0 Å². The van der Waals surface area contributed by atoms with Crippen molar-refractivity contribution in [2.75, 3.05) is 25.5 Å². The second-order valence-electron chi connectivity index (χ2n) is 4.18. The summed E-state index contributed by atoms with van der Waals surface area (Å²) < 4.78 is 9.95. The van der Waals surface area contributed by atoms with Crippen LogP contribution >= 0.6 is 23.1 Å². The van der Waals surface area contributed by atoms with Gasteiger partial charge in [0.1, 0.15) is 11.5 Å². The smallest absolute Gasteiger partial charge is 0.348 e. The molecule has 0 aromatic carbocycles. The van der Waals surface area contributed by atoms with E-state index in [1.165, 1.54) is 34.1 Å². The van der Waals surface area contributed by atoms with Crippen LogP contribution in [-0.4, -0.2) is 48.3 Å². The highest BCUT2D eigenvalue weighted by atomic mass is 32.2. The van der Waals surface area contributed by atoms with Gasteiger partial charge in [-0.2, -0.15) is 0 Å². The van der Waals surface area contributed by atoms with E-state index in [2.05, 4.69) is 0 Å². The Labute approximate surface area is 136 Å². The molecule has 0 spiro atoms. The summed E-state index contributed by atoms with van der Waals surface area (Å²) in [5.41, 5.74) is 0. The maximum atomic E-state index is 11.8. The van der Waals surface area contributed by atoms with Crippen LogP contribution in [0.15, 0.2) is 28.6 Å². The molecule has 1 aliphatic heterocycles. The number of rotatable bonds is 6. The number of amides is 1. The monoisotopic (exact) mass is 341 g/mol. The van der Waals surface area contributed by atoms with E-state index in [4.69, 9.17) is 9.47 Å². The van der Waals surface area contributed by atoms with Crippen LogP contribution in [0.5, 0.6) is 0 Å². The molecule has 0 aliphatic carbocycles. The molecule has 1 aromatic rings. The normalized spacial score (nSPS) is 16.1. The Kier molecular flexibility index (Phi) is 6.02. The van der Waals surface area contributed by atoms with Gasteiger partial charge < -0.3 is 14.4 Å². The highest BCUT2D eigenvalue weighted by Crippen LogP contribution is 2.28. The van der Waals surface area contributed by atoms with Crippen molar-refractivity contribution in [3.05, 3.63) is 33.5 Å². The molecule has 1 aromatic heterocycles. The molecular formula is C14H15NO5S2. The molecule has 2 rings (SSSR count). The molecule has 118 valence electrons. The summed E-state index contributed by atoms with van der Waals surface area (Å²) >= 11 is 2.56. The van der Waals surface area contributed by atoms with E-state index in [0.29, 0.717) is 9.91 Å². The summed E-state index contributed by atoms with van der Waals surface area (Å²) in [6.45, 7) is 2.28. The van der Waals surface area contributed by atoms with Crippen molar-refractivity contribution in [1.29, 1.82) is 0 Å². The molecule has 0 unspecified atom stereocenters. The Balaban J connectivity index is 1.88. The second-order valence-corrected chi connectivity index (χ2v) is 6.13. The van der Waals surface area contributed by atoms with Gasteiger partial charge in [-0.05, 0) is 18.4 Å². The third kappa shape index (κ3) is 4.35. The minimum absolute atomic E-state index is 0.0726. The Morgan fingerprint density at radius 1 is 1.41 bits per heavy atom. The predicted octanol–water partition coefficient (Wildman–Crippen LogP) is 1.88. The van der Waals surface area contributed by atoms with Crippen molar-refractivity contribution in [3.8, 4) is 0 Å². The van der Waals surface area contributed by atoms with Gasteiger partial charge in [-0.1, -0.05) is 17.8 Å². The average molecular weight is 341 g/mol. The Morgan fingerprint density at radius 3 is 2.91 bits per heavy atom. The van der Waals surface area contributed by atoms with Gasteiger partial charge in [0.25, 0.3) is 0 Å². The first kappa shape index (κ1) is 16.6. The zero-order valence-corrected chi connectivity index (χ0v) is 13.6. The second kappa shape index (κ2) is 8.00. The largest absolute Gasteiger partial charge is 0.463 e. The van der Waals surface area contributed by atoms with Crippen molar-refractivity contribution in [3.63, 3.8) is 0 Å². The number of carbonyl (C=O) groups excluding carboxylic acids is 3. The predicted molar refractivity (Wildman–Crippen MR) is 83.5 cm³/mol. The zero-order valence-electron chi connectivity index (χ0n) is 11.9. The highest BCUT2D eigenvalue weighted by molar-refractivity contribution is 8.04. The van der Waals surface area contributed by atoms with Gasteiger partial charge in [0.15, 0.2) is 0 Å². The van der Waals surface area contributed by atoms with Crippen molar-refractivity contribution < 1.29 is 23.9 Å². The summed E-state index contributed by atoms with van der Waals surface area (Å²) in [7, 11) is 0. The van der Waals surface area contributed by atoms with E-state index < -0.39 is 11.9 Å². The fraction of sp³-hybridized carbons (Fsp3) is 0.357. The molecular weight excluding hydrogens is 326 g/mol. The maximum absolute atomic E-state index is 11.8. The summed E-state index contributed by atoms with van der Waals surface area (Å²) in [4.78, 5) is 36.9. The van der Waals surface area contributed by atoms with Crippen molar-refractivity contribution >= 4 is 40.9 Å². The van der Waals surface area contributed by atoms with E-state index in [-0.39, 0.29) is 31.4 Å². The van der Waals surface area contributed by atoms with Crippen molar-refractivity contribution in [2.45, 2.75) is 6.92 Å². The maximum Gasteiger partial charge on any atom is 0.348 e. The molecule has 6 nitrogen and oxygen atoms in total. The van der Waals surface area contributed by atoms with Gasteiger partial charge in [-0.25, -0.2) is 9.59 Å². The molecule has 1 aliphatic rings. The van der Waals surface area contributed by atoms with Crippen LogP contribution in [0, 0.1) is 0 Å². The SMILES string of the molecule is CCOC(=O)C=C1SCC(=O)N1CCOC(=O)c1cccs1. The van der Waals surface area contributed by atoms with E-state index in [1.807, 2.05) is 0 Å². The summed E-state index contributed by atoms with van der Waals surface area (Å²) in [5, 5.41) is 2.31. The molecule has 0 saturated carbocycles. The standard InChI is InChI=1S/C14H15NO5S2/c1-2-19-13(17)8-12-15(11(16)9-22-12)5-6-20-14(18)10-4-3-7-21-10/h3-4,7-8H,2,5-6,9H2,1H3. The minimum atomic E-state index is -0.486. The summed E-state index contributed by atoms with van der Waals surface area (Å²) in [6.07, 6.45) is 1.29. The Hall–Kier alpha value is -1.80. The topological polar surface area (TPSA) is 72.9 Å². The van der Waals surface area contributed by atoms with Crippen molar-refractivity contribution in [1.82, 2.24) is 4.90 Å². The van der Waals surface area contributed by atoms with Crippen LogP contribution in [0.3, 0.4) is 0 Å². The molecule has 2 heterocycles. The first-order valence-electron chi connectivity index (χ1n) is 6.64. The number of hydrogen-bond donors (Lipinski definition) is 0. The fourth-order valence-corrected chi connectivity index (χ4v) is 3.32. The molecule has 0 N–H and O–H groups in total. The van der Waals surface area contributed by atoms with E-state index in [1.54, 1.807) is 24.4 Å². The highest BCUT2D eigenvalue weighted by Gasteiger charge is 2.27. The number of hydrogen-bond acceptors (Lipinski definition) is 7. The van der Waals surface area contributed by atoms with Gasteiger partial charge in [-0.3, -0.25) is 4.79 Å². The number of ether oxygens (including phenoxy) is 2. The van der Waals surface area contributed by atoms with Crippen LogP contribution in [-0.2, 0) is 19.1 Å². The quantitative estimate of drug-likeness (QED) is 0.581. The third-order valence-electron chi connectivity index (χ3n) is 2.71. The van der Waals surface area contributed by atoms with Crippen LogP contribution in [0.4, 0.5) is 0 Å². The van der Waals surface area contributed by atoms with Gasteiger partial charge in [0.05, 0.1) is 30.0 Å². The third-order valence-corrected chi connectivity index (χ3v) is 4.58. The van der Waals surface area contributed by atoms with Gasteiger partial charge in [0, 0.05) is 0 Å². The number of carbonyl (C=O) groups is 3. The van der Waals surface area contributed by atoms with Crippen molar-refractivity contribution in [2.24, 2.45) is 0 Å². The Morgan fingerprint density at radius 2 is 2.23 bits per heavy atom. The number of esters is 2. The average Bonchev–Trinajstić information content (AvgIpc) is 3.12. The van der Waals surface area contributed by atoms with E-state index in [9.17, 15) is 14.4 Å². The molecule has 1 saturated heterocycles. The van der Waals surface area contributed by atoms with E-state index in [0.717, 1.165) is 0 Å². The number of thioether (sulfide) groups is 1. The summed E-state index contributed by atoms with van der Waals surface area (Å²) in [5.74, 6) is -0.748. The van der Waals surface area contributed by atoms with Gasteiger partial charge in [-0.15, -0.1) is 11.3 Å². The number of nitrogens with zero attached hydrogens (tertiary/aromatic N) is 1. The van der Waals surface area contributed by atoms with Crippen LogP contribution in [0.1, 0.15) is 16.6 Å². The molecule has 8 heteroatoms. The summed E-state index contributed by atoms with van der Waals surface area (Å²) in [6, 6.07) is 3.44. The lowest BCUT2D eigenvalue weighted by Gasteiger charge is -2.16. The lowest BCUT2D eigenvalue weighted by atomic mass is 10.4. The molecule has 22 heavy (non-hydrogen) atoms. The minimum Gasteiger partial charge on any atom is -0.463 e. The lowest BCUT2D eigenvalue weighted by molar-refractivity contribution is -0.137. The van der Waals surface area contributed by atoms with Crippen LogP contribution in [0.2, 0.25) is 0 Å². The first-order chi connectivity index (χ1) is 10.6. The molecule has 0 atom stereocenters. The molecule has 0 bridgehead atoms. The van der Waals surface area contributed by atoms with E-state index >= 15 is 0 Å². The molecule has 1 amide bonds. The lowest BCUT2D eigenvalue weighted by Crippen LogP contribution is -2.29. The van der Waals surface area contributed by atoms with Gasteiger partial charge >= 0.3 is 11.9 Å². The van der Waals surface area contributed by atoms with Gasteiger partial charge in [0.2, 0.25) is 5.91 Å². The number of thiophene rings is 1. The molecule has 0 radical (unpaired) electrons. The zero-order chi connectivity index (χ0) is 15.9. The molecule has 1 fully saturated rings.